The third-order valence-electron chi connectivity index (χ3n) is 3.75. The standard InChI is InChI=1S/C15H14O2/c1-15(11-6-3-2-4-7-11)10-12(15)14(16)13-8-5-9-17-13/h2-9,12H,10H2,1H3/t12-,15-/m0/s1. The van der Waals surface area contributed by atoms with E-state index in [-0.39, 0.29) is 17.1 Å². The average molecular weight is 226 g/mol. The van der Waals surface area contributed by atoms with Crippen LogP contribution in [-0.4, -0.2) is 5.78 Å². The molecule has 1 heterocycles. The molecule has 0 radical (unpaired) electrons. The van der Waals surface area contributed by atoms with Gasteiger partial charge in [0.25, 0.3) is 0 Å². The highest BCUT2D eigenvalue weighted by molar-refractivity contribution is 5.98. The molecule has 0 N–H and O–H groups in total. The predicted molar refractivity (Wildman–Crippen MR) is 64.9 cm³/mol. The summed E-state index contributed by atoms with van der Waals surface area (Å²) in [4.78, 5) is 12.2. The highest BCUT2D eigenvalue weighted by Crippen LogP contribution is 2.55. The maximum absolute atomic E-state index is 12.2. The van der Waals surface area contributed by atoms with E-state index in [1.54, 1.807) is 18.4 Å². The molecule has 86 valence electrons. The molecule has 2 heteroatoms. The first kappa shape index (κ1) is 10.3. The Balaban J connectivity index is 1.84. The Morgan fingerprint density at radius 3 is 2.65 bits per heavy atom. The molecule has 1 aromatic heterocycles. The topological polar surface area (TPSA) is 30.2 Å². The van der Waals surface area contributed by atoms with Crippen LogP contribution in [0.1, 0.15) is 29.5 Å². The number of benzene rings is 1. The lowest BCUT2D eigenvalue weighted by molar-refractivity contribution is 0.0931. The molecule has 1 aromatic carbocycles. The van der Waals surface area contributed by atoms with Crippen molar-refractivity contribution in [2.45, 2.75) is 18.8 Å². The fourth-order valence-corrected chi connectivity index (χ4v) is 2.48. The first-order valence-corrected chi connectivity index (χ1v) is 5.85. The van der Waals surface area contributed by atoms with Gasteiger partial charge >= 0.3 is 0 Å². The van der Waals surface area contributed by atoms with E-state index in [2.05, 4.69) is 19.1 Å². The van der Waals surface area contributed by atoms with Crippen molar-refractivity contribution in [1.82, 2.24) is 0 Å². The van der Waals surface area contributed by atoms with Crippen molar-refractivity contribution in [3.8, 4) is 0 Å². The largest absolute Gasteiger partial charge is 0.461 e. The van der Waals surface area contributed by atoms with Crippen LogP contribution in [0.4, 0.5) is 0 Å². The van der Waals surface area contributed by atoms with Gasteiger partial charge in [0.1, 0.15) is 0 Å². The van der Waals surface area contributed by atoms with E-state index in [0.717, 1.165) is 6.42 Å². The molecule has 0 bridgehead atoms. The van der Waals surface area contributed by atoms with Gasteiger partial charge in [0.05, 0.1) is 6.26 Å². The molecule has 1 saturated carbocycles. The summed E-state index contributed by atoms with van der Waals surface area (Å²) in [5.74, 6) is 0.673. The second-order valence-electron chi connectivity index (χ2n) is 4.88. The summed E-state index contributed by atoms with van der Waals surface area (Å²) in [7, 11) is 0. The van der Waals surface area contributed by atoms with Crippen LogP contribution in [-0.2, 0) is 5.41 Å². The Labute approximate surface area is 100 Å². The molecule has 17 heavy (non-hydrogen) atoms. The van der Waals surface area contributed by atoms with Crippen LogP contribution in [0, 0.1) is 5.92 Å². The van der Waals surface area contributed by atoms with Gasteiger partial charge in [-0.3, -0.25) is 4.79 Å². The lowest BCUT2D eigenvalue weighted by Gasteiger charge is -2.10. The van der Waals surface area contributed by atoms with Gasteiger partial charge in [0, 0.05) is 11.3 Å². The van der Waals surface area contributed by atoms with Crippen molar-refractivity contribution < 1.29 is 9.21 Å². The quantitative estimate of drug-likeness (QED) is 0.750. The summed E-state index contributed by atoms with van der Waals surface area (Å²) in [5, 5.41) is 0. The summed E-state index contributed by atoms with van der Waals surface area (Å²) >= 11 is 0. The van der Waals surface area contributed by atoms with Gasteiger partial charge in [-0.25, -0.2) is 0 Å². The molecule has 2 nitrogen and oxygen atoms in total. The van der Waals surface area contributed by atoms with Crippen LogP contribution in [0.5, 0.6) is 0 Å². The molecule has 2 atom stereocenters. The number of carbonyl (C=O) groups excluding carboxylic acids is 1. The van der Waals surface area contributed by atoms with Crippen LogP contribution < -0.4 is 0 Å². The molecule has 1 aliphatic rings. The van der Waals surface area contributed by atoms with E-state index in [0.29, 0.717) is 5.76 Å². The average Bonchev–Trinajstić information content (AvgIpc) is 2.81. The lowest BCUT2D eigenvalue weighted by atomic mass is 9.94. The van der Waals surface area contributed by atoms with Gasteiger partial charge in [-0.05, 0) is 24.1 Å². The van der Waals surface area contributed by atoms with Gasteiger partial charge in [-0.15, -0.1) is 0 Å². The second-order valence-corrected chi connectivity index (χ2v) is 4.88. The van der Waals surface area contributed by atoms with Crippen molar-refractivity contribution in [2.75, 3.05) is 0 Å². The van der Waals surface area contributed by atoms with Crippen LogP contribution >= 0.6 is 0 Å². The van der Waals surface area contributed by atoms with E-state index < -0.39 is 0 Å². The van der Waals surface area contributed by atoms with Crippen molar-refractivity contribution in [1.29, 1.82) is 0 Å². The molecule has 0 saturated heterocycles. The van der Waals surface area contributed by atoms with E-state index in [1.807, 2.05) is 18.2 Å². The Hall–Kier alpha value is -1.83. The second kappa shape index (κ2) is 3.59. The van der Waals surface area contributed by atoms with Gasteiger partial charge in [-0.1, -0.05) is 37.3 Å². The summed E-state index contributed by atoms with van der Waals surface area (Å²) in [5.41, 5.74) is 1.23. The highest BCUT2D eigenvalue weighted by atomic mass is 16.3. The maximum Gasteiger partial charge on any atom is 0.201 e. The highest BCUT2D eigenvalue weighted by Gasteiger charge is 2.55. The summed E-state index contributed by atoms with van der Waals surface area (Å²) in [6.07, 6.45) is 2.46. The van der Waals surface area contributed by atoms with Crippen LogP contribution in [0.3, 0.4) is 0 Å². The van der Waals surface area contributed by atoms with Gasteiger partial charge < -0.3 is 4.42 Å². The van der Waals surface area contributed by atoms with Crippen LogP contribution in [0.2, 0.25) is 0 Å². The molecule has 0 aliphatic heterocycles. The fraction of sp³-hybridized carbons (Fsp3) is 0.267. The summed E-state index contributed by atoms with van der Waals surface area (Å²) in [6, 6.07) is 13.7. The number of ketones is 1. The van der Waals surface area contributed by atoms with E-state index in [9.17, 15) is 4.79 Å². The molecular formula is C15H14O2. The van der Waals surface area contributed by atoms with Crippen LogP contribution in [0.25, 0.3) is 0 Å². The number of hydrogen-bond donors (Lipinski definition) is 0. The molecule has 1 fully saturated rings. The third kappa shape index (κ3) is 1.60. The van der Waals surface area contributed by atoms with Gasteiger partial charge in [0.15, 0.2) is 5.76 Å². The van der Waals surface area contributed by atoms with Crippen molar-refractivity contribution in [2.24, 2.45) is 5.92 Å². The smallest absolute Gasteiger partial charge is 0.201 e. The maximum atomic E-state index is 12.2. The Bertz CT molecular complexity index is 527. The molecule has 2 aromatic rings. The summed E-state index contributed by atoms with van der Waals surface area (Å²) < 4.78 is 5.18. The van der Waals surface area contributed by atoms with E-state index >= 15 is 0 Å². The first-order chi connectivity index (χ1) is 8.22. The normalized spacial score (nSPS) is 26.8. The zero-order valence-electron chi connectivity index (χ0n) is 9.72. The van der Waals surface area contributed by atoms with Crippen molar-refractivity contribution in [3.63, 3.8) is 0 Å². The minimum absolute atomic E-state index is 0.00880. The Morgan fingerprint density at radius 1 is 1.24 bits per heavy atom. The predicted octanol–water partition coefficient (Wildman–Crippen LogP) is 3.44. The molecular weight excluding hydrogens is 212 g/mol. The molecule has 0 spiro atoms. The van der Waals surface area contributed by atoms with Crippen molar-refractivity contribution in [3.05, 3.63) is 60.1 Å². The molecule has 0 amide bonds. The number of hydrogen-bond acceptors (Lipinski definition) is 2. The number of Topliss-reactive ketones (excluding diaryl/α,β-unsaturated/α-hetero) is 1. The first-order valence-electron chi connectivity index (χ1n) is 5.85. The lowest BCUT2D eigenvalue weighted by Crippen LogP contribution is -2.11. The minimum Gasteiger partial charge on any atom is -0.461 e. The minimum atomic E-state index is -0.00880. The third-order valence-corrected chi connectivity index (χ3v) is 3.75. The fourth-order valence-electron chi connectivity index (χ4n) is 2.48. The SMILES string of the molecule is C[C@@]1(c2ccccc2)C[C@H]1C(=O)c1ccco1. The van der Waals surface area contributed by atoms with Crippen LogP contribution in [0.15, 0.2) is 53.1 Å². The zero-order chi connectivity index (χ0) is 11.9. The van der Waals surface area contributed by atoms with Gasteiger partial charge in [0.2, 0.25) is 5.78 Å². The number of furan rings is 1. The summed E-state index contributed by atoms with van der Waals surface area (Å²) in [6.45, 7) is 2.15. The Morgan fingerprint density at radius 2 is 2.00 bits per heavy atom. The Kier molecular flexibility index (Phi) is 2.18. The number of carbonyl (C=O) groups is 1. The molecule has 0 unspecified atom stereocenters. The monoisotopic (exact) mass is 226 g/mol. The van der Waals surface area contributed by atoms with E-state index in [4.69, 9.17) is 4.42 Å². The van der Waals surface area contributed by atoms with E-state index in [1.165, 1.54) is 5.56 Å². The molecule has 1 aliphatic carbocycles. The van der Waals surface area contributed by atoms with Gasteiger partial charge in [-0.2, -0.15) is 0 Å². The zero-order valence-corrected chi connectivity index (χ0v) is 9.72. The molecule has 3 rings (SSSR count). The number of rotatable bonds is 3. The van der Waals surface area contributed by atoms with Crippen molar-refractivity contribution >= 4 is 5.78 Å².